The molecule has 0 bridgehead atoms. The average molecular weight is 310 g/mol. The highest BCUT2D eigenvalue weighted by atomic mass is 32.2. The smallest absolute Gasteiger partial charge is 0.240 e. The molecule has 2 unspecified atom stereocenters. The second-order valence-corrected chi connectivity index (χ2v) is 8.00. The third-order valence-corrected chi connectivity index (χ3v) is 6.28. The van der Waals surface area contributed by atoms with Crippen LogP contribution in [0.4, 0.5) is 0 Å². The Morgan fingerprint density at radius 2 is 1.95 bits per heavy atom. The molecule has 4 nitrogen and oxygen atoms in total. The van der Waals surface area contributed by atoms with Gasteiger partial charge in [0, 0.05) is 13.1 Å². The highest BCUT2D eigenvalue weighted by Gasteiger charge is 2.26. The zero-order valence-electron chi connectivity index (χ0n) is 13.1. The molecule has 1 aromatic carbocycles. The fraction of sp³-hybridized carbons (Fsp3) is 0.625. The van der Waals surface area contributed by atoms with Crippen molar-refractivity contribution in [2.75, 3.05) is 6.54 Å². The van der Waals surface area contributed by atoms with Gasteiger partial charge in [0.1, 0.15) is 0 Å². The molecule has 0 aromatic heterocycles. The van der Waals surface area contributed by atoms with Gasteiger partial charge in [-0.2, -0.15) is 0 Å². The Hall–Kier alpha value is -0.910. The highest BCUT2D eigenvalue weighted by Crippen LogP contribution is 2.31. The van der Waals surface area contributed by atoms with Crippen molar-refractivity contribution >= 4 is 10.0 Å². The van der Waals surface area contributed by atoms with E-state index in [-0.39, 0.29) is 0 Å². The molecule has 2 atom stereocenters. The number of rotatable bonds is 5. The van der Waals surface area contributed by atoms with E-state index in [0.29, 0.717) is 29.8 Å². The van der Waals surface area contributed by atoms with Crippen LogP contribution >= 0.6 is 0 Å². The van der Waals surface area contributed by atoms with Crippen LogP contribution in [0.3, 0.4) is 0 Å². The molecule has 21 heavy (non-hydrogen) atoms. The summed E-state index contributed by atoms with van der Waals surface area (Å²) >= 11 is 0. The first-order valence-corrected chi connectivity index (χ1v) is 9.13. The van der Waals surface area contributed by atoms with Crippen molar-refractivity contribution in [3.8, 4) is 0 Å². The Labute approximate surface area is 128 Å². The van der Waals surface area contributed by atoms with Crippen molar-refractivity contribution < 1.29 is 8.42 Å². The lowest BCUT2D eigenvalue weighted by Gasteiger charge is -2.17. The number of nitrogens with two attached hydrogens (primary N) is 1. The van der Waals surface area contributed by atoms with E-state index in [2.05, 4.69) is 11.6 Å². The van der Waals surface area contributed by atoms with Crippen molar-refractivity contribution in [3.05, 3.63) is 28.8 Å². The van der Waals surface area contributed by atoms with E-state index in [1.807, 2.05) is 19.9 Å². The Morgan fingerprint density at radius 1 is 1.24 bits per heavy atom. The lowest BCUT2D eigenvalue weighted by molar-refractivity contribution is 0.414. The van der Waals surface area contributed by atoms with Crippen molar-refractivity contribution in [1.29, 1.82) is 0 Å². The number of benzene rings is 1. The van der Waals surface area contributed by atoms with Gasteiger partial charge in [0.2, 0.25) is 10.0 Å². The maximum atomic E-state index is 12.5. The van der Waals surface area contributed by atoms with Crippen LogP contribution in [-0.4, -0.2) is 15.0 Å². The van der Waals surface area contributed by atoms with Gasteiger partial charge in [-0.25, -0.2) is 13.1 Å². The fourth-order valence-corrected chi connectivity index (χ4v) is 4.57. The molecule has 0 saturated heterocycles. The molecule has 5 heteroatoms. The molecule has 1 aromatic rings. The second-order valence-electron chi connectivity index (χ2n) is 6.27. The normalized spacial score (nSPS) is 22.7. The molecule has 1 aliphatic rings. The summed E-state index contributed by atoms with van der Waals surface area (Å²) in [5.74, 6) is 1.06. The van der Waals surface area contributed by atoms with Gasteiger partial charge < -0.3 is 5.73 Å². The van der Waals surface area contributed by atoms with Crippen LogP contribution in [0.15, 0.2) is 17.0 Å². The molecule has 3 N–H and O–H groups in total. The Bertz CT molecular complexity index is 611. The Balaban J connectivity index is 2.19. The third kappa shape index (κ3) is 3.65. The van der Waals surface area contributed by atoms with Crippen LogP contribution in [0.25, 0.3) is 0 Å². The quantitative estimate of drug-likeness (QED) is 0.877. The summed E-state index contributed by atoms with van der Waals surface area (Å²) in [5, 5.41) is 0. The number of nitrogens with one attached hydrogen (secondary N) is 1. The summed E-state index contributed by atoms with van der Waals surface area (Å²) in [4.78, 5) is 0.360. The van der Waals surface area contributed by atoms with Crippen LogP contribution in [-0.2, 0) is 16.6 Å². The summed E-state index contributed by atoms with van der Waals surface area (Å²) in [6.45, 7) is 6.89. The van der Waals surface area contributed by atoms with Gasteiger partial charge in [0.25, 0.3) is 0 Å². The molecule has 0 amide bonds. The number of hydrogen-bond donors (Lipinski definition) is 2. The van der Waals surface area contributed by atoms with Crippen LogP contribution in [0.5, 0.6) is 0 Å². The lowest BCUT2D eigenvalue weighted by atomic mass is 9.99. The van der Waals surface area contributed by atoms with E-state index in [1.54, 1.807) is 6.07 Å². The largest absolute Gasteiger partial charge is 0.326 e. The van der Waals surface area contributed by atoms with Crippen LogP contribution < -0.4 is 10.5 Å². The van der Waals surface area contributed by atoms with Gasteiger partial charge in [-0.3, -0.25) is 0 Å². The Morgan fingerprint density at radius 3 is 2.52 bits per heavy atom. The molecule has 1 fully saturated rings. The molecule has 1 aliphatic carbocycles. The minimum atomic E-state index is -3.46. The molecule has 118 valence electrons. The number of hydrogen-bond acceptors (Lipinski definition) is 3. The van der Waals surface area contributed by atoms with Gasteiger partial charge in [-0.15, -0.1) is 0 Å². The summed E-state index contributed by atoms with van der Waals surface area (Å²) in [6.07, 6.45) is 3.52. The maximum absolute atomic E-state index is 12.5. The van der Waals surface area contributed by atoms with E-state index in [1.165, 1.54) is 12.8 Å². The molecular formula is C16H26N2O2S. The highest BCUT2D eigenvalue weighted by molar-refractivity contribution is 7.89. The standard InChI is InChI=1S/C16H26N2O2S/c1-11-5-4-6-14(11)10-18-21(19,20)16-8-15(9-17)12(2)7-13(16)3/h7-8,11,14,18H,4-6,9-10,17H2,1-3H3. The van der Waals surface area contributed by atoms with E-state index in [0.717, 1.165) is 23.1 Å². The van der Waals surface area contributed by atoms with E-state index in [9.17, 15) is 8.42 Å². The van der Waals surface area contributed by atoms with Crippen LogP contribution in [0.2, 0.25) is 0 Å². The first-order chi connectivity index (χ1) is 9.85. The summed E-state index contributed by atoms with van der Waals surface area (Å²) in [7, 11) is -3.46. The molecule has 0 spiro atoms. The second kappa shape index (κ2) is 6.46. The summed E-state index contributed by atoms with van der Waals surface area (Å²) in [5.41, 5.74) is 8.39. The molecule has 0 radical (unpaired) electrons. The molecule has 0 aliphatic heterocycles. The monoisotopic (exact) mass is 310 g/mol. The lowest BCUT2D eigenvalue weighted by Crippen LogP contribution is -2.31. The third-order valence-electron chi connectivity index (χ3n) is 4.72. The SMILES string of the molecule is Cc1cc(C)c(S(=O)(=O)NCC2CCCC2C)cc1CN. The number of aryl methyl sites for hydroxylation is 2. The summed E-state index contributed by atoms with van der Waals surface area (Å²) in [6, 6.07) is 3.61. The van der Waals surface area contributed by atoms with Crippen molar-refractivity contribution in [2.24, 2.45) is 17.6 Å². The van der Waals surface area contributed by atoms with Crippen LogP contribution in [0, 0.1) is 25.7 Å². The van der Waals surface area contributed by atoms with E-state index < -0.39 is 10.0 Å². The van der Waals surface area contributed by atoms with Gasteiger partial charge in [-0.1, -0.05) is 25.8 Å². The van der Waals surface area contributed by atoms with Crippen molar-refractivity contribution in [1.82, 2.24) is 4.72 Å². The molecule has 1 saturated carbocycles. The number of sulfonamides is 1. The minimum absolute atomic E-state index is 0.355. The maximum Gasteiger partial charge on any atom is 0.240 e. The molecular weight excluding hydrogens is 284 g/mol. The van der Waals surface area contributed by atoms with E-state index >= 15 is 0 Å². The van der Waals surface area contributed by atoms with E-state index in [4.69, 9.17) is 5.73 Å². The zero-order valence-corrected chi connectivity index (χ0v) is 14.0. The predicted octanol–water partition coefficient (Wildman–Crippen LogP) is 2.48. The zero-order chi connectivity index (χ0) is 15.6. The van der Waals surface area contributed by atoms with Crippen molar-refractivity contribution in [2.45, 2.75) is 51.5 Å². The minimum Gasteiger partial charge on any atom is -0.326 e. The first-order valence-electron chi connectivity index (χ1n) is 7.65. The van der Waals surface area contributed by atoms with Gasteiger partial charge in [-0.05, 0) is 54.9 Å². The van der Waals surface area contributed by atoms with Gasteiger partial charge in [0.05, 0.1) is 4.90 Å². The summed E-state index contributed by atoms with van der Waals surface area (Å²) < 4.78 is 27.9. The van der Waals surface area contributed by atoms with Gasteiger partial charge >= 0.3 is 0 Å². The average Bonchev–Trinajstić information content (AvgIpc) is 2.82. The fourth-order valence-electron chi connectivity index (χ4n) is 3.20. The topological polar surface area (TPSA) is 72.2 Å². The van der Waals surface area contributed by atoms with Gasteiger partial charge in [0.15, 0.2) is 0 Å². The van der Waals surface area contributed by atoms with Crippen LogP contribution in [0.1, 0.15) is 42.9 Å². The molecule has 2 rings (SSSR count). The van der Waals surface area contributed by atoms with Crippen molar-refractivity contribution in [3.63, 3.8) is 0 Å². The first kappa shape index (κ1) is 16.5. The Kier molecular flexibility index (Phi) is 5.07. The predicted molar refractivity (Wildman–Crippen MR) is 85.5 cm³/mol. The molecule has 0 heterocycles.